The summed E-state index contributed by atoms with van der Waals surface area (Å²) in [6.07, 6.45) is 1.35. The molecule has 1 N–H and O–H groups in total. The average Bonchev–Trinajstić information content (AvgIpc) is 2.95. The summed E-state index contributed by atoms with van der Waals surface area (Å²) in [6, 6.07) is 11.6. The molecule has 2 heterocycles. The number of piperazine rings is 1. The quantitative estimate of drug-likeness (QED) is 0.397. The van der Waals surface area contributed by atoms with Crippen molar-refractivity contribution in [1.29, 1.82) is 0 Å². The van der Waals surface area contributed by atoms with Gasteiger partial charge in [-0.2, -0.15) is 0 Å². The van der Waals surface area contributed by atoms with E-state index in [2.05, 4.69) is 44.1 Å². The Balaban J connectivity index is 1.44. The summed E-state index contributed by atoms with van der Waals surface area (Å²) in [5, 5.41) is 3.82. The molecule has 1 saturated heterocycles. The molecule has 0 atom stereocenters. The highest BCUT2D eigenvalue weighted by molar-refractivity contribution is 6.38. The molecule has 1 aliphatic heterocycles. The summed E-state index contributed by atoms with van der Waals surface area (Å²) < 4.78 is 10.6. The molecule has 0 aliphatic carbocycles. The number of ether oxygens (including phenoxy) is 2. The Morgan fingerprint density at radius 1 is 1.00 bits per heavy atom. The second-order valence-electron chi connectivity index (χ2n) is 8.87. The Labute approximate surface area is 233 Å². The van der Waals surface area contributed by atoms with Gasteiger partial charge in [0.1, 0.15) is 29.5 Å². The number of carbonyl (C=O) groups excluding carboxylic acids is 1. The van der Waals surface area contributed by atoms with Crippen LogP contribution in [0.15, 0.2) is 42.7 Å². The van der Waals surface area contributed by atoms with Crippen molar-refractivity contribution < 1.29 is 14.3 Å². The van der Waals surface area contributed by atoms with Crippen molar-refractivity contribution in [2.45, 2.75) is 13.3 Å². The number of amides is 1. The van der Waals surface area contributed by atoms with Gasteiger partial charge in [-0.3, -0.25) is 9.69 Å². The number of carbonyl (C=O) groups is 1. The number of likely N-dealkylation sites (N-methyl/N-ethyl adjacent to an activating group) is 2. The zero-order valence-electron chi connectivity index (χ0n) is 22.0. The van der Waals surface area contributed by atoms with Crippen LogP contribution in [0.1, 0.15) is 12.5 Å². The standard InChI is InChI=1S/C27H32Cl2N6O3/c1-5-34-10-12-35(13-11-34)19-8-6-18(7-9-19)32-23-16-24(31-17-30-23)33(2)25(36)14-20-26(28)21(37-3)15-22(38-4)27(20)29/h6-9,15-17H,5,10-14H2,1-4H3,(H,30,31,32). The lowest BCUT2D eigenvalue weighted by Gasteiger charge is -2.35. The number of aromatic nitrogens is 2. The third-order valence-electron chi connectivity index (χ3n) is 6.69. The van der Waals surface area contributed by atoms with Gasteiger partial charge >= 0.3 is 0 Å². The largest absolute Gasteiger partial charge is 0.495 e. The number of halogens is 2. The highest BCUT2D eigenvalue weighted by Gasteiger charge is 2.22. The summed E-state index contributed by atoms with van der Waals surface area (Å²) in [7, 11) is 4.62. The molecule has 2 aromatic carbocycles. The molecule has 0 bridgehead atoms. The molecule has 202 valence electrons. The highest BCUT2D eigenvalue weighted by atomic mass is 35.5. The van der Waals surface area contributed by atoms with E-state index in [9.17, 15) is 4.79 Å². The first kappa shape index (κ1) is 27.8. The van der Waals surface area contributed by atoms with Crippen molar-refractivity contribution in [3.63, 3.8) is 0 Å². The summed E-state index contributed by atoms with van der Waals surface area (Å²) in [6.45, 7) is 7.50. The van der Waals surface area contributed by atoms with Crippen molar-refractivity contribution in [1.82, 2.24) is 14.9 Å². The van der Waals surface area contributed by atoms with Crippen LogP contribution in [0.25, 0.3) is 0 Å². The predicted molar refractivity (Wildman–Crippen MR) is 153 cm³/mol. The maximum absolute atomic E-state index is 13.2. The number of nitrogens with zero attached hydrogens (tertiary/aromatic N) is 5. The van der Waals surface area contributed by atoms with Crippen molar-refractivity contribution >= 4 is 52.1 Å². The fourth-order valence-corrected chi connectivity index (χ4v) is 4.95. The van der Waals surface area contributed by atoms with Crippen molar-refractivity contribution in [3.05, 3.63) is 58.3 Å². The van der Waals surface area contributed by atoms with E-state index in [4.69, 9.17) is 32.7 Å². The molecular weight excluding hydrogens is 527 g/mol. The van der Waals surface area contributed by atoms with Gasteiger partial charge in [0.05, 0.1) is 30.7 Å². The molecular formula is C27H32Cl2N6O3. The Kier molecular flexibility index (Phi) is 9.14. The number of hydrogen-bond donors (Lipinski definition) is 1. The highest BCUT2D eigenvalue weighted by Crippen LogP contribution is 2.40. The molecule has 1 fully saturated rings. The molecule has 38 heavy (non-hydrogen) atoms. The van der Waals surface area contributed by atoms with E-state index in [1.165, 1.54) is 31.1 Å². The minimum absolute atomic E-state index is 0.0670. The van der Waals surface area contributed by atoms with E-state index in [0.717, 1.165) is 38.4 Å². The molecule has 4 rings (SSSR count). The summed E-state index contributed by atoms with van der Waals surface area (Å²) in [5.74, 6) is 1.49. The van der Waals surface area contributed by atoms with Gasteiger partial charge in [-0.05, 0) is 30.8 Å². The lowest BCUT2D eigenvalue weighted by molar-refractivity contribution is -0.117. The first-order chi connectivity index (χ1) is 18.3. The molecule has 9 nitrogen and oxygen atoms in total. The SMILES string of the molecule is CCN1CCN(c2ccc(Nc3cc(N(C)C(=O)Cc4c(Cl)c(OC)cc(OC)c4Cl)ncn3)cc2)CC1. The molecule has 0 saturated carbocycles. The molecule has 1 aliphatic rings. The van der Waals surface area contributed by atoms with Crippen molar-refractivity contribution in [2.24, 2.45) is 0 Å². The van der Waals surface area contributed by atoms with Crippen LogP contribution >= 0.6 is 23.2 Å². The smallest absolute Gasteiger partial charge is 0.232 e. The molecule has 1 aromatic heterocycles. The topological polar surface area (TPSA) is 83.1 Å². The van der Waals surface area contributed by atoms with Crippen LogP contribution in [-0.4, -0.2) is 74.8 Å². The first-order valence-corrected chi connectivity index (χ1v) is 13.1. The Hall–Kier alpha value is -3.27. The summed E-state index contributed by atoms with van der Waals surface area (Å²) >= 11 is 12.9. The van der Waals surface area contributed by atoms with Gasteiger partial charge in [0.25, 0.3) is 0 Å². The Bertz CT molecular complexity index is 1240. The third kappa shape index (κ3) is 6.23. The molecule has 1 amide bonds. The first-order valence-electron chi connectivity index (χ1n) is 12.4. The molecule has 0 unspecified atom stereocenters. The second-order valence-corrected chi connectivity index (χ2v) is 9.63. The predicted octanol–water partition coefficient (Wildman–Crippen LogP) is 4.89. The van der Waals surface area contributed by atoms with Crippen LogP contribution in [-0.2, 0) is 11.2 Å². The van der Waals surface area contributed by atoms with E-state index in [0.29, 0.717) is 28.7 Å². The number of benzene rings is 2. The number of methoxy groups -OCH3 is 2. The third-order valence-corrected chi connectivity index (χ3v) is 7.52. The van der Waals surface area contributed by atoms with Gasteiger partial charge in [-0.1, -0.05) is 30.1 Å². The lowest BCUT2D eigenvalue weighted by Crippen LogP contribution is -2.46. The summed E-state index contributed by atoms with van der Waals surface area (Å²) in [4.78, 5) is 28.0. The van der Waals surface area contributed by atoms with E-state index in [1.807, 2.05) is 12.1 Å². The molecule has 3 aromatic rings. The van der Waals surface area contributed by atoms with Gasteiger partial charge in [-0.25, -0.2) is 9.97 Å². The van der Waals surface area contributed by atoms with Crippen molar-refractivity contribution in [3.8, 4) is 11.5 Å². The monoisotopic (exact) mass is 558 g/mol. The molecule has 11 heteroatoms. The van der Waals surface area contributed by atoms with Crippen LogP contribution in [0.3, 0.4) is 0 Å². The maximum Gasteiger partial charge on any atom is 0.232 e. The Morgan fingerprint density at radius 3 is 2.21 bits per heavy atom. The van der Waals surface area contributed by atoms with Crippen molar-refractivity contribution in [2.75, 3.05) is 69.1 Å². The van der Waals surface area contributed by atoms with Crippen LogP contribution in [0.2, 0.25) is 10.0 Å². The minimum Gasteiger partial charge on any atom is -0.495 e. The van der Waals surface area contributed by atoms with Crippen LogP contribution in [0.4, 0.5) is 23.0 Å². The van der Waals surface area contributed by atoms with E-state index >= 15 is 0 Å². The number of anilines is 4. The maximum atomic E-state index is 13.2. The van der Waals surface area contributed by atoms with Crippen LogP contribution in [0.5, 0.6) is 11.5 Å². The van der Waals surface area contributed by atoms with Gasteiger partial charge in [0, 0.05) is 62.3 Å². The minimum atomic E-state index is -0.263. The van der Waals surface area contributed by atoms with Gasteiger partial charge in [-0.15, -0.1) is 0 Å². The summed E-state index contributed by atoms with van der Waals surface area (Å²) in [5.41, 5.74) is 2.51. The van der Waals surface area contributed by atoms with E-state index in [-0.39, 0.29) is 22.4 Å². The zero-order valence-corrected chi connectivity index (χ0v) is 23.5. The van der Waals surface area contributed by atoms with Gasteiger partial charge in [0.15, 0.2) is 0 Å². The molecule has 0 radical (unpaired) electrons. The molecule has 0 spiro atoms. The van der Waals surface area contributed by atoms with E-state index < -0.39 is 0 Å². The number of hydrogen-bond acceptors (Lipinski definition) is 8. The normalized spacial score (nSPS) is 13.8. The second kappa shape index (κ2) is 12.5. The van der Waals surface area contributed by atoms with Gasteiger partial charge in [0.2, 0.25) is 5.91 Å². The van der Waals surface area contributed by atoms with Crippen LogP contribution in [0, 0.1) is 0 Å². The number of nitrogens with one attached hydrogen (secondary N) is 1. The zero-order chi connectivity index (χ0) is 27.2. The Morgan fingerprint density at radius 2 is 1.63 bits per heavy atom. The average molecular weight is 559 g/mol. The van der Waals surface area contributed by atoms with E-state index in [1.54, 1.807) is 19.2 Å². The fraction of sp³-hybridized carbons (Fsp3) is 0.370. The van der Waals surface area contributed by atoms with Gasteiger partial charge < -0.3 is 24.6 Å². The lowest BCUT2D eigenvalue weighted by atomic mass is 10.1. The fourth-order valence-electron chi connectivity index (χ4n) is 4.31. The van der Waals surface area contributed by atoms with Crippen LogP contribution < -0.4 is 24.6 Å². The number of rotatable bonds is 9.